The number of rotatable bonds is 10. The average Bonchev–Trinajstić information content (AvgIpc) is 2.73. The third-order valence-electron chi connectivity index (χ3n) is 5.40. The van der Waals surface area contributed by atoms with Gasteiger partial charge in [0.1, 0.15) is 0 Å². The molecule has 0 spiro atoms. The molecule has 0 radical (unpaired) electrons. The van der Waals surface area contributed by atoms with Crippen LogP contribution in [0.3, 0.4) is 0 Å². The van der Waals surface area contributed by atoms with Gasteiger partial charge in [0.05, 0.1) is 31.0 Å². The first-order valence-corrected chi connectivity index (χ1v) is 10.3. The van der Waals surface area contributed by atoms with Gasteiger partial charge < -0.3 is 9.80 Å². The molecule has 150 valence electrons. The van der Waals surface area contributed by atoms with E-state index in [2.05, 4.69) is 55.4 Å². The molecule has 1 amide bonds. The molecule has 0 aliphatic heterocycles. The van der Waals surface area contributed by atoms with Crippen LogP contribution >= 0.6 is 0 Å². The third-order valence-corrected chi connectivity index (χ3v) is 5.40. The number of likely N-dealkylation sites (N-methyl/N-ethyl adjacent to an activating group) is 1. The van der Waals surface area contributed by atoms with Crippen LogP contribution in [0.1, 0.15) is 39.7 Å². The van der Waals surface area contributed by atoms with Crippen LogP contribution in [0.4, 0.5) is 17.1 Å². The molecule has 0 bridgehead atoms. The van der Waals surface area contributed by atoms with Crippen molar-refractivity contribution < 1.29 is 9.28 Å². The van der Waals surface area contributed by atoms with E-state index in [9.17, 15) is 4.79 Å². The van der Waals surface area contributed by atoms with Crippen molar-refractivity contribution in [2.45, 2.75) is 40.5 Å². The molecule has 2 aromatic rings. The van der Waals surface area contributed by atoms with Gasteiger partial charge in [0, 0.05) is 5.69 Å². The maximum atomic E-state index is 12.4. The van der Waals surface area contributed by atoms with E-state index < -0.39 is 0 Å². The van der Waals surface area contributed by atoms with E-state index >= 15 is 0 Å². The standard InChI is InChI=1S/C23H32N4O/c1-5-9-19-10-12-21(13-11-19)25-26-22-16-14-20(15-17-22)24-23(28)18-27(6-2,7-3)8-4/h10-17H,5-9,18H2,1-4H3/p+1. The van der Waals surface area contributed by atoms with Crippen LogP contribution in [0, 0.1) is 0 Å². The Morgan fingerprint density at radius 1 is 0.821 bits per heavy atom. The number of amides is 1. The number of azo groups is 1. The number of carbonyl (C=O) groups excluding carboxylic acids is 1. The van der Waals surface area contributed by atoms with Gasteiger partial charge in [-0.05, 0) is 69.2 Å². The quantitative estimate of drug-likeness (QED) is 0.406. The van der Waals surface area contributed by atoms with Crippen LogP contribution in [0.2, 0.25) is 0 Å². The lowest BCUT2D eigenvalue weighted by Crippen LogP contribution is -2.51. The summed E-state index contributed by atoms with van der Waals surface area (Å²) in [7, 11) is 0. The fraction of sp³-hybridized carbons (Fsp3) is 0.435. The van der Waals surface area contributed by atoms with Gasteiger partial charge in [-0.2, -0.15) is 10.2 Å². The SMILES string of the molecule is CCCc1ccc(N=Nc2ccc(NC(=O)C[N+](CC)(CC)CC)cc2)cc1. The third kappa shape index (κ3) is 6.27. The Bertz CT molecular complexity index is 754. The topological polar surface area (TPSA) is 53.8 Å². The monoisotopic (exact) mass is 381 g/mol. The van der Waals surface area contributed by atoms with Crippen molar-refractivity contribution in [1.82, 2.24) is 0 Å². The minimum absolute atomic E-state index is 0.0482. The van der Waals surface area contributed by atoms with Gasteiger partial charge in [-0.3, -0.25) is 4.79 Å². The first-order chi connectivity index (χ1) is 13.5. The number of anilines is 1. The van der Waals surface area contributed by atoms with E-state index in [-0.39, 0.29) is 5.91 Å². The molecule has 0 saturated carbocycles. The zero-order chi connectivity index (χ0) is 20.4. The van der Waals surface area contributed by atoms with Gasteiger partial charge in [-0.15, -0.1) is 0 Å². The van der Waals surface area contributed by atoms with Crippen molar-refractivity contribution in [2.75, 3.05) is 31.5 Å². The van der Waals surface area contributed by atoms with Gasteiger partial charge in [0.2, 0.25) is 0 Å². The van der Waals surface area contributed by atoms with Crippen LogP contribution in [-0.4, -0.2) is 36.6 Å². The molecule has 5 nitrogen and oxygen atoms in total. The number of carbonyl (C=O) groups is 1. The van der Waals surface area contributed by atoms with Gasteiger partial charge in [-0.1, -0.05) is 25.5 Å². The van der Waals surface area contributed by atoms with Crippen molar-refractivity contribution in [3.63, 3.8) is 0 Å². The first-order valence-electron chi connectivity index (χ1n) is 10.3. The molecule has 2 aromatic carbocycles. The average molecular weight is 382 g/mol. The lowest BCUT2D eigenvalue weighted by atomic mass is 10.1. The molecule has 0 saturated heterocycles. The maximum absolute atomic E-state index is 12.4. The van der Waals surface area contributed by atoms with Gasteiger partial charge in [0.15, 0.2) is 6.54 Å². The Labute approximate surface area is 169 Å². The molecule has 0 aliphatic rings. The summed E-state index contributed by atoms with van der Waals surface area (Å²) < 4.78 is 0.801. The Morgan fingerprint density at radius 2 is 1.32 bits per heavy atom. The van der Waals surface area contributed by atoms with E-state index in [0.717, 1.165) is 54.0 Å². The highest BCUT2D eigenvalue weighted by molar-refractivity contribution is 5.91. The second-order valence-electron chi connectivity index (χ2n) is 7.16. The molecule has 28 heavy (non-hydrogen) atoms. The predicted octanol–water partition coefficient (Wildman–Crippen LogP) is 5.87. The highest BCUT2D eigenvalue weighted by atomic mass is 16.2. The van der Waals surface area contributed by atoms with E-state index in [1.165, 1.54) is 5.56 Å². The summed E-state index contributed by atoms with van der Waals surface area (Å²) in [4.78, 5) is 12.4. The van der Waals surface area contributed by atoms with Crippen LogP contribution < -0.4 is 5.32 Å². The molecular formula is C23H33N4O+. The summed E-state index contributed by atoms with van der Waals surface area (Å²) in [6.07, 6.45) is 2.22. The molecule has 1 N–H and O–H groups in total. The number of aryl methyl sites for hydroxylation is 1. The molecule has 0 aromatic heterocycles. The Hall–Kier alpha value is -2.53. The highest BCUT2D eigenvalue weighted by Gasteiger charge is 2.24. The summed E-state index contributed by atoms with van der Waals surface area (Å²) in [6, 6.07) is 15.6. The lowest BCUT2D eigenvalue weighted by Gasteiger charge is -2.34. The Morgan fingerprint density at radius 3 is 1.79 bits per heavy atom. The van der Waals surface area contributed by atoms with Crippen LogP contribution in [0.25, 0.3) is 0 Å². The normalized spacial score (nSPS) is 11.7. The van der Waals surface area contributed by atoms with Gasteiger partial charge in [-0.25, -0.2) is 0 Å². The largest absolute Gasteiger partial charge is 0.321 e. The molecule has 0 unspecified atom stereocenters. The molecule has 5 heteroatoms. The van der Waals surface area contributed by atoms with Crippen molar-refractivity contribution >= 4 is 23.0 Å². The number of benzene rings is 2. The summed E-state index contributed by atoms with van der Waals surface area (Å²) in [5.41, 5.74) is 3.70. The van der Waals surface area contributed by atoms with E-state index in [4.69, 9.17) is 0 Å². The van der Waals surface area contributed by atoms with Gasteiger partial charge >= 0.3 is 0 Å². The molecule has 0 heterocycles. The van der Waals surface area contributed by atoms with E-state index in [1.54, 1.807) is 0 Å². The summed E-state index contributed by atoms with van der Waals surface area (Å²) in [6.45, 7) is 12.0. The zero-order valence-corrected chi connectivity index (χ0v) is 17.6. The molecular weight excluding hydrogens is 348 g/mol. The number of quaternary nitrogens is 1. The van der Waals surface area contributed by atoms with E-state index in [0.29, 0.717) is 6.54 Å². The smallest absolute Gasteiger partial charge is 0.279 e. The van der Waals surface area contributed by atoms with Crippen molar-refractivity contribution in [1.29, 1.82) is 0 Å². The summed E-state index contributed by atoms with van der Waals surface area (Å²) in [5.74, 6) is 0.0482. The number of nitrogens with zero attached hydrogens (tertiary/aromatic N) is 3. The molecule has 0 aliphatic carbocycles. The maximum Gasteiger partial charge on any atom is 0.279 e. The van der Waals surface area contributed by atoms with Crippen LogP contribution in [-0.2, 0) is 11.2 Å². The Kier molecular flexibility index (Phi) is 8.33. The first kappa shape index (κ1) is 21.8. The second-order valence-corrected chi connectivity index (χ2v) is 7.16. The van der Waals surface area contributed by atoms with Crippen molar-refractivity contribution in [3.05, 3.63) is 54.1 Å². The fourth-order valence-corrected chi connectivity index (χ4v) is 3.26. The van der Waals surface area contributed by atoms with Crippen LogP contribution in [0.15, 0.2) is 58.8 Å². The van der Waals surface area contributed by atoms with Gasteiger partial charge in [0.25, 0.3) is 5.91 Å². The van der Waals surface area contributed by atoms with Crippen LogP contribution in [0.5, 0.6) is 0 Å². The van der Waals surface area contributed by atoms with Crippen molar-refractivity contribution in [2.24, 2.45) is 10.2 Å². The number of hydrogen-bond donors (Lipinski definition) is 1. The summed E-state index contributed by atoms with van der Waals surface area (Å²) in [5, 5.41) is 11.6. The molecule has 0 fully saturated rings. The minimum atomic E-state index is 0.0482. The second kappa shape index (κ2) is 10.7. The van der Waals surface area contributed by atoms with Crippen molar-refractivity contribution in [3.8, 4) is 0 Å². The number of nitrogens with one attached hydrogen (secondary N) is 1. The highest BCUT2D eigenvalue weighted by Crippen LogP contribution is 2.21. The fourth-order valence-electron chi connectivity index (χ4n) is 3.26. The predicted molar refractivity (Wildman–Crippen MR) is 116 cm³/mol. The van der Waals surface area contributed by atoms with E-state index in [1.807, 2.05) is 36.4 Å². The zero-order valence-electron chi connectivity index (χ0n) is 17.6. The minimum Gasteiger partial charge on any atom is -0.321 e. The number of hydrogen-bond acceptors (Lipinski definition) is 3. The molecule has 2 rings (SSSR count). The lowest BCUT2D eigenvalue weighted by molar-refractivity contribution is -0.915. The Balaban J connectivity index is 1.94. The molecule has 0 atom stereocenters. The summed E-state index contributed by atoms with van der Waals surface area (Å²) >= 11 is 0.